The van der Waals surface area contributed by atoms with Crippen molar-refractivity contribution >= 4 is 5.90 Å². The fourth-order valence-corrected chi connectivity index (χ4v) is 1.73. The SMILES string of the molecule is CCC1COC(C2CCNC2)=N1. The molecule has 2 heterocycles. The zero-order chi connectivity index (χ0) is 8.39. The predicted octanol–water partition coefficient (Wildman–Crippen LogP) is 0.803. The van der Waals surface area contributed by atoms with Crippen molar-refractivity contribution in [2.45, 2.75) is 25.8 Å². The Labute approximate surface area is 73.2 Å². The third kappa shape index (κ3) is 1.46. The summed E-state index contributed by atoms with van der Waals surface area (Å²) in [5, 5.41) is 3.32. The lowest BCUT2D eigenvalue weighted by molar-refractivity contribution is 0.297. The molecule has 68 valence electrons. The van der Waals surface area contributed by atoms with Crippen molar-refractivity contribution in [1.82, 2.24) is 5.32 Å². The summed E-state index contributed by atoms with van der Waals surface area (Å²) >= 11 is 0. The second kappa shape index (κ2) is 3.44. The monoisotopic (exact) mass is 168 g/mol. The van der Waals surface area contributed by atoms with Crippen LogP contribution in [0.5, 0.6) is 0 Å². The maximum Gasteiger partial charge on any atom is 0.188 e. The minimum absolute atomic E-state index is 0.431. The molecule has 1 fully saturated rings. The quantitative estimate of drug-likeness (QED) is 0.661. The Hall–Kier alpha value is -0.570. The Bertz CT molecular complexity index is 185. The summed E-state index contributed by atoms with van der Waals surface area (Å²) in [5.74, 6) is 1.56. The van der Waals surface area contributed by atoms with Crippen molar-refractivity contribution in [3.05, 3.63) is 0 Å². The van der Waals surface area contributed by atoms with Crippen LogP contribution in [0.15, 0.2) is 4.99 Å². The van der Waals surface area contributed by atoms with Gasteiger partial charge in [0.25, 0.3) is 0 Å². The highest BCUT2D eigenvalue weighted by Crippen LogP contribution is 2.17. The normalized spacial score (nSPS) is 34.9. The van der Waals surface area contributed by atoms with Crippen LogP contribution in [0.4, 0.5) is 0 Å². The van der Waals surface area contributed by atoms with Gasteiger partial charge in [-0.25, -0.2) is 4.99 Å². The van der Waals surface area contributed by atoms with E-state index in [9.17, 15) is 0 Å². The van der Waals surface area contributed by atoms with Gasteiger partial charge >= 0.3 is 0 Å². The van der Waals surface area contributed by atoms with Crippen molar-refractivity contribution in [2.75, 3.05) is 19.7 Å². The van der Waals surface area contributed by atoms with E-state index in [1.165, 1.54) is 6.42 Å². The van der Waals surface area contributed by atoms with Crippen LogP contribution < -0.4 is 5.32 Å². The summed E-state index contributed by atoms with van der Waals surface area (Å²) in [4.78, 5) is 4.54. The Morgan fingerprint density at radius 3 is 3.17 bits per heavy atom. The smallest absolute Gasteiger partial charge is 0.188 e. The highest BCUT2D eigenvalue weighted by molar-refractivity contribution is 5.80. The van der Waals surface area contributed by atoms with Gasteiger partial charge in [0, 0.05) is 12.5 Å². The lowest BCUT2D eigenvalue weighted by atomic mass is 10.1. The Kier molecular flexibility index (Phi) is 2.30. The van der Waals surface area contributed by atoms with E-state index in [2.05, 4.69) is 17.2 Å². The van der Waals surface area contributed by atoms with E-state index in [-0.39, 0.29) is 0 Å². The number of nitrogens with one attached hydrogen (secondary N) is 1. The van der Waals surface area contributed by atoms with E-state index >= 15 is 0 Å². The maximum absolute atomic E-state index is 5.55. The molecule has 12 heavy (non-hydrogen) atoms. The molecular weight excluding hydrogens is 152 g/mol. The first-order chi connectivity index (χ1) is 5.90. The van der Waals surface area contributed by atoms with Crippen LogP contribution in [0.2, 0.25) is 0 Å². The molecule has 0 saturated carbocycles. The van der Waals surface area contributed by atoms with Gasteiger partial charge in [0.1, 0.15) is 6.61 Å². The molecule has 0 aromatic heterocycles. The number of rotatable bonds is 2. The van der Waals surface area contributed by atoms with E-state index in [4.69, 9.17) is 4.74 Å². The molecule has 0 amide bonds. The minimum atomic E-state index is 0.431. The Morgan fingerprint density at radius 2 is 2.58 bits per heavy atom. The summed E-state index contributed by atoms with van der Waals surface area (Å²) in [7, 11) is 0. The molecule has 0 bridgehead atoms. The molecule has 2 unspecified atom stereocenters. The van der Waals surface area contributed by atoms with E-state index in [1.807, 2.05) is 0 Å². The summed E-state index contributed by atoms with van der Waals surface area (Å²) < 4.78 is 5.55. The summed E-state index contributed by atoms with van der Waals surface area (Å²) in [6, 6.07) is 0.431. The van der Waals surface area contributed by atoms with E-state index in [0.29, 0.717) is 12.0 Å². The van der Waals surface area contributed by atoms with Crippen LogP contribution in [0.25, 0.3) is 0 Å². The van der Waals surface area contributed by atoms with Crippen LogP contribution in [0, 0.1) is 5.92 Å². The van der Waals surface area contributed by atoms with Gasteiger partial charge in [-0.05, 0) is 19.4 Å². The van der Waals surface area contributed by atoms with Gasteiger partial charge in [-0.15, -0.1) is 0 Å². The molecule has 2 aliphatic heterocycles. The van der Waals surface area contributed by atoms with Crippen molar-refractivity contribution in [2.24, 2.45) is 10.9 Å². The summed E-state index contributed by atoms with van der Waals surface area (Å²) in [6.07, 6.45) is 2.29. The average molecular weight is 168 g/mol. The fourth-order valence-electron chi connectivity index (χ4n) is 1.73. The molecule has 2 aliphatic rings. The second-order valence-corrected chi connectivity index (χ2v) is 3.53. The van der Waals surface area contributed by atoms with Crippen molar-refractivity contribution in [3.63, 3.8) is 0 Å². The van der Waals surface area contributed by atoms with Gasteiger partial charge in [0.05, 0.1) is 6.04 Å². The molecular formula is C9H16N2O. The first-order valence-corrected chi connectivity index (χ1v) is 4.81. The molecule has 0 aliphatic carbocycles. The summed E-state index contributed by atoms with van der Waals surface area (Å²) in [5.41, 5.74) is 0. The van der Waals surface area contributed by atoms with Gasteiger partial charge in [-0.1, -0.05) is 6.92 Å². The number of ether oxygens (including phenoxy) is 1. The van der Waals surface area contributed by atoms with Gasteiger partial charge in [0.2, 0.25) is 0 Å². The minimum Gasteiger partial charge on any atom is -0.478 e. The lowest BCUT2D eigenvalue weighted by Crippen LogP contribution is -2.17. The zero-order valence-corrected chi connectivity index (χ0v) is 7.55. The second-order valence-electron chi connectivity index (χ2n) is 3.53. The average Bonchev–Trinajstić information content (AvgIpc) is 2.75. The van der Waals surface area contributed by atoms with Crippen LogP contribution in [-0.2, 0) is 4.74 Å². The Balaban J connectivity index is 1.95. The third-order valence-corrected chi connectivity index (χ3v) is 2.61. The number of hydrogen-bond donors (Lipinski definition) is 1. The number of nitrogens with zero attached hydrogens (tertiary/aromatic N) is 1. The lowest BCUT2D eigenvalue weighted by Gasteiger charge is -2.06. The van der Waals surface area contributed by atoms with Crippen LogP contribution in [-0.4, -0.2) is 31.6 Å². The molecule has 1 saturated heterocycles. The van der Waals surface area contributed by atoms with Gasteiger partial charge in [0.15, 0.2) is 5.90 Å². The fraction of sp³-hybridized carbons (Fsp3) is 0.889. The number of hydrogen-bond acceptors (Lipinski definition) is 3. The first kappa shape index (κ1) is 8.05. The van der Waals surface area contributed by atoms with Gasteiger partial charge in [-0.2, -0.15) is 0 Å². The molecule has 0 spiro atoms. The standard InChI is InChI=1S/C9H16N2O/c1-2-8-6-12-9(11-8)7-3-4-10-5-7/h7-8,10H,2-6H2,1H3. The van der Waals surface area contributed by atoms with Crippen molar-refractivity contribution in [1.29, 1.82) is 0 Å². The van der Waals surface area contributed by atoms with Crippen LogP contribution in [0.1, 0.15) is 19.8 Å². The van der Waals surface area contributed by atoms with E-state index in [1.54, 1.807) is 0 Å². The maximum atomic E-state index is 5.55. The molecule has 3 nitrogen and oxygen atoms in total. The molecule has 3 heteroatoms. The van der Waals surface area contributed by atoms with Crippen LogP contribution >= 0.6 is 0 Å². The van der Waals surface area contributed by atoms with Crippen molar-refractivity contribution < 1.29 is 4.74 Å². The zero-order valence-electron chi connectivity index (χ0n) is 7.55. The predicted molar refractivity (Wildman–Crippen MR) is 48.4 cm³/mol. The highest BCUT2D eigenvalue weighted by Gasteiger charge is 2.27. The molecule has 2 rings (SSSR count). The number of aliphatic imine (C=N–C) groups is 1. The highest BCUT2D eigenvalue weighted by atomic mass is 16.5. The molecule has 0 radical (unpaired) electrons. The molecule has 2 atom stereocenters. The van der Waals surface area contributed by atoms with E-state index < -0.39 is 0 Å². The van der Waals surface area contributed by atoms with E-state index in [0.717, 1.165) is 32.0 Å². The third-order valence-electron chi connectivity index (χ3n) is 2.61. The largest absolute Gasteiger partial charge is 0.478 e. The topological polar surface area (TPSA) is 33.6 Å². The van der Waals surface area contributed by atoms with Crippen LogP contribution in [0.3, 0.4) is 0 Å². The van der Waals surface area contributed by atoms with Gasteiger partial charge < -0.3 is 10.1 Å². The molecule has 0 aromatic carbocycles. The first-order valence-electron chi connectivity index (χ1n) is 4.81. The molecule has 0 aromatic rings. The summed E-state index contributed by atoms with van der Waals surface area (Å²) in [6.45, 7) is 5.13. The van der Waals surface area contributed by atoms with Crippen molar-refractivity contribution in [3.8, 4) is 0 Å². The Morgan fingerprint density at radius 1 is 1.67 bits per heavy atom. The molecule has 1 N–H and O–H groups in total. The van der Waals surface area contributed by atoms with Gasteiger partial charge in [-0.3, -0.25) is 0 Å².